The zero-order valence-electron chi connectivity index (χ0n) is 12.3. The van der Waals surface area contributed by atoms with Gasteiger partial charge < -0.3 is 10.0 Å². The molecule has 0 bridgehead atoms. The predicted molar refractivity (Wildman–Crippen MR) is 80.7 cm³/mol. The van der Waals surface area contributed by atoms with Gasteiger partial charge in [0.2, 0.25) is 0 Å². The number of carboxylic acid groups (broad SMARTS) is 1. The van der Waals surface area contributed by atoms with Crippen molar-refractivity contribution in [2.24, 2.45) is 7.05 Å². The van der Waals surface area contributed by atoms with Crippen LogP contribution >= 0.6 is 0 Å². The monoisotopic (exact) mass is 285 g/mol. The van der Waals surface area contributed by atoms with Crippen LogP contribution in [0.1, 0.15) is 33.7 Å². The zero-order chi connectivity index (χ0) is 15.0. The molecule has 0 unspecified atom stereocenters. The smallest absolute Gasteiger partial charge is 0.336 e. The number of nitrogens with zero attached hydrogens (tertiary/aromatic N) is 3. The largest absolute Gasteiger partial charge is 0.478 e. The number of rotatable bonds is 3. The zero-order valence-corrected chi connectivity index (χ0v) is 12.3. The third kappa shape index (κ3) is 2.51. The van der Waals surface area contributed by atoms with Crippen molar-refractivity contribution in [3.05, 3.63) is 46.8 Å². The average molecular weight is 285 g/mol. The van der Waals surface area contributed by atoms with E-state index in [0.717, 1.165) is 48.6 Å². The Morgan fingerprint density at radius 3 is 2.90 bits per heavy atom. The van der Waals surface area contributed by atoms with Crippen LogP contribution in [0.5, 0.6) is 0 Å². The summed E-state index contributed by atoms with van der Waals surface area (Å²) in [5.74, 6) is -0.843. The van der Waals surface area contributed by atoms with Gasteiger partial charge in [0.25, 0.3) is 0 Å². The molecule has 1 aliphatic rings. The van der Waals surface area contributed by atoms with Crippen molar-refractivity contribution in [2.45, 2.75) is 26.3 Å². The first-order chi connectivity index (χ1) is 10.1. The van der Waals surface area contributed by atoms with Crippen LogP contribution in [0.2, 0.25) is 0 Å². The first-order valence-electron chi connectivity index (χ1n) is 7.16. The maximum Gasteiger partial charge on any atom is 0.336 e. The first-order valence-corrected chi connectivity index (χ1v) is 7.16. The molecule has 1 aliphatic heterocycles. The summed E-state index contributed by atoms with van der Waals surface area (Å²) in [5.41, 5.74) is 4.57. The van der Waals surface area contributed by atoms with E-state index in [2.05, 4.69) is 16.1 Å². The highest BCUT2D eigenvalue weighted by Gasteiger charge is 2.22. The minimum absolute atomic E-state index is 0.429. The van der Waals surface area contributed by atoms with E-state index in [-0.39, 0.29) is 0 Å². The fraction of sp³-hybridized carbons (Fsp3) is 0.375. The number of anilines is 1. The maximum absolute atomic E-state index is 11.4. The van der Waals surface area contributed by atoms with Gasteiger partial charge in [-0.1, -0.05) is 6.07 Å². The number of aryl methyl sites for hydroxylation is 2. The molecule has 3 rings (SSSR count). The molecular weight excluding hydrogens is 266 g/mol. The predicted octanol–water partition coefficient (Wildman–Crippen LogP) is 2.38. The topological polar surface area (TPSA) is 58.4 Å². The Kier molecular flexibility index (Phi) is 3.41. The van der Waals surface area contributed by atoms with Crippen molar-refractivity contribution in [1.82, 2.24) is 9.78 Å². The van der Waals surface area contributed by atoms with Gasteiger partial charge in [0.1, 0.15) is 0 Å². The summed E-state index contributed by atoms with van der Waals surface area (Å²) in [7, 11) is 1.95. The van der Waals surface area contributed by atoms with Gasteiger partial charge in [-0.05, 0) is 43.5 Å². The van der Waals surface area contributed by atoms with E-state index in [0.29, 0.717) is 5.56 Å². The van der Waals surface area contributed by atoms with Gasteiger partial charge in [0.05, 0.1) is 23.5 Å². The Balaban J connectivity index is 1.96. The number of carbonyl (C=O) groups is 1. The normalized spacial score (nSPS) is 14.1. The van der Waals surface area contributed by atoms with Gasteiger partial charge >= 0.3 is 5.97 Å². The van der Waals surface area contributed by atoms with Crippen LogP contribution in [0.3, 0.4) is 0 Å². The van der Waals surface area contributed by atoms with Crippen molar-refractivity contribution in [1.29, 1.82) is 0 Å². The van der Waals surface area contributed by atoms with E-state index >= 15 is 0 Å². The average Bonchev–Trinajstić information content (AvgIpc) is 2.76. The number of carboxylic acids is 1. The molecule has 0 atom stereocenters. The van der Waals surface area contributed by atoms with Crippen molar-refractivity contribution in [3.63, 3.8) is 0 Å². The van der Waals surface area contributed by atoms with Crippen molar-refractivity contribution >= 4 is 11.7 Å². The molecule has 0 amide bonds. The fourth-order valence-electron chi connectivity index (χ4n) is 3.07. The second kappa shape index (κ2) is 5.24. The molecule has 1 N–H and O–H groups in total. The van der Waals surface area contributed by atoms with Crippen LogP contribution in [0.4, 0.5) is 5.69 Å². The number of fused-ring (bicyclic) bond motifs is 1. The number of aromatic nitrogens is 2. The Hall–Kier alpha value is -2.30. The molecule has 1 aromatic heterocycles. The lowest BCUT2D eigenvalue weighted by Crippen LogP contribution is -2.30. The van der Waals surface area contributed by atoms with Crippen LogP contribution < -0.4 is 4.90 Å². The second-order valence-corrected chi connectivity index (χ2v) is 5.53. The van der Waals surface area contributed by atoms with Gasteiger partial charge in [-0.2, -0.15) is 5.10 Å². The van der Waals surface area contributed by atoms with E-state index in [9.17, 15) is 9.90 Å². The van der Waals surface area contributed by atoms with Gasteiger partial charge in [-0.25, -0.2) is 4.79 Å². The Morgan fingerprint density at radius 1 is 1.43 bits per heavy atom. The minimum atomic E-state index is -0.843. The van der Waals surface area contributed by atoms with Crippen LogP contribution in [-0.4, -0.2) is 27.4 Å². The number of hydrogen-bond donors (Lipinski definition) is 1. The van der Waals surface area contributed by atoms with Crippen molar-refractivity contribution in [3.8, 4) is 0 Å². The molecule has 21 heavy (non-hydrogen) atoms. The summed E-state index contributed by atoms with van der Waals surface area (Å²) < 4.78 is 1.89. The minimum Gasteiger partial charge on any atom is -0.478 e. The highest BCUT2D eigenvalue weighted by molar-refractivity contribution is 5.91. The number of hydrogen-bond acceptors (Lipinski definition) is 3. The Morgan fingerprint density at radius 2 is 2.24 bits per heavy atom. The van der Waals surface area contributed by atoms with E-state index in [1.807, 2.05) is 30.8 Å². The molecule has 0 fully saturated rings. The molecule has 1 aromatic carbocycles. The summed E-state index contributed by atoms with van der Waals surface area (Å²) in [6.45, 7) is 3.68. The lowest BCUT2D eigenvalue weighted by Gasteiger charge is -2.32. The summed E-state index contributed by atoms with van der Waals surface area (Å²) in [6, 6.07) is 7.62. The molecular formula is C16H19N3O2. The van der Waals surface area contributed by atoms with Crippen LogP contribution in [0, 0.1) is 6.92 Å². The molecule has 2 aromatic rings. The van der Waals surface area contributed by atoms with Crippen molar-refractivity contribution < 1.29 is 9.90 Å². The van der Waals surface area contributed by atoms with Gasteiger partial charge in [-0.15, -0.1) is 0 Å². The third-order valence-electron chi connectivity index (χ3n) is 4.03. The molecule has 5 heteroatoms. The van der Waals surface area contributed by atoms with E-state index in [4.69, 9.17) is 0 Å². The Labute approximate surface area is 123 Å². The molecule has 0 spiro atoms. The summed E-state index contributed by atoms with van der Waals surface area (Å²) in [6.07, 6.45) is 1.81. The van der Waals surface area contributed by atoms with Crippen LogP contribution in [-0.2, 0) is 20.0 Å². The summed E-state index contributed by atoms with van der Waals surface area (Å²) >= 11 is 0. The SMILES string of the molecule is Cc1cc(CN2CCCc3c(C(=O)O)cccc32)n(C)n1. The van der Waals surface area contributed by atoms with Gasteiger partial charge in [0.15, 0.2) is 0 Å². The van der Waals surface area contributed by atoms with E-state index in [1.165, 1.54) is 0 Å². The maximum atomic E-state index is 11.4. The second-order valence-electron chi connectivity index (χ2n) is 5.53. The van der Waals surface area contributed by atoms with Crippen LogP contribution in [0.15, 0.2) is 24.3 Å². The van der Waals surface area contributed by atoms with E-state index < -0.39 is 5.97 Å². The number of aromatic carboxylic acids is 1. The van der Waals surface area contributed by atoms with Gasteiger partial charge in [0, 0.05) is 19.3 Å². The number of benzene rings is 1. The van der Waals surface area contributed by atoms with Crippen molar-refractivity contribution in [2.75, 3.05) is 11.4 Å². The van der Waals surface area contributed by atoms with Gasteiger partial charge in [-0.3, -0.25) is 4.68 Å². The highest BCUT2D eigenvalue weighted by Crippen LogP contribution is 2.31. The lowest BCUT2D eigenvalue weighted by molar-refractivity contribution is 0.0695. The summed E-state index contributed by atoms with van der Waals surface area (Å²) in [4.78, 5) is 13.6. The third-order valence-corrected chi connectivity index (χ3v) is 4.03. The first kappa shape index (κ1) is 13.7. The standard InChI is InChI=1S/C16H19N3O2/c1-11-9-12(18(2)17-11)10-19-8-4-6-13-14(16(20)21)5-3-7-15(13)19/h3,5,7,9H,4,6,8,10H2,1-2H3,(H,20,21). The molecule has 5 nitrogen and oxygen atoms in total. The molecule has 0 aliphatic carbocycles. The molecule has 0 saturated carbocycles. The molecule has 0 saturated heterocycles. The fourth-order valence-corrected chi connectivity index (χ4v) is 3.07. The molecule has 110 valence electrons. The van der Waals surface area contributed by atoms with Crippen LogP contribution in [0.25, 0.3) is 0 Å². The lowest BCUT2D eigenvalue weighted by atomic mass is 9.96. The van der Waals surface area contributed by atoms with E-state index in [1.54, 1.807) is 6.07 Å². The Bertz CT molecular complexity index is 691. The molecule has 0 radical (unpaired) electrons. The molecule has 2 heterocycles. The highest BCUT2D eigenvalue weighted by atomic mass is 16.4. The summed E-state index contributed by atoms with van der Waals surface area (Å²) in [5, 5.41) is 13.7. The quantitative estimate of drug-likeness (QED) is 0.940.